The van der Waals surface area contributed by atoms with Gasteiger partial charge in [0.15, 0.2) is 0 Å². The fourth-order valence-electron chi connectivity index (χ4n) is 1.89. The van der Waals surface area contributed by atoms with Crippen molar-refractivity contribution in [1.82, 2.24) is 10.2 Å². The number of hydrogen-bond acceptors (Lipinski definition) is 4. The summed E-state index contributed by atoms with van der Waals surface area (Å²) in [5.74, 6) is 0.0116. The van der Waals surface area contributed by atoms with Gasteiger partial charge in [-0.05, 0) is 18.2 Å². The Bertz CT molecular complexity index is 388. The van der Waals surface area contributed by atoms with Crippen molar-refractivity contribution >= 4 is 17.3 Å². The number of nitrogens with two attached hydrogens (primary N) is 1. The molecule has 0 saturated carbocycles. The minimum atomic E-state index is 0.0116. The van der Waals surface area contributed by atoms with Gasteiger partial charge in [0.2, 0.25) is 5.91 Å². The number of hydrogen-bond donors (Lipinski definition) is 3. The third-order valence-corrected chi connectivity index (χ3v) is 2.75. The molecule has 1 aliphatic rings. The summed E-state index contributed by atoms with van der Waals surface area (Å²) in [6.07, 6.45) is 0. The van der Waals surface area contributed by atoms with Gasteiger partial charge < -0.3 is 16.4 Å². The van der Waals surface area contributed by atoms with Gasteiger partial charge in [-0.2, -0.15) is 0 Å². The lowest BCUT2D eigenvalue weighted by molar-refractivity contribution is -0.117. The van der Waals surface area contributed by atoms with Gasteiger partial charge in [-0.15, -0.1) is 0 Å². The first kappa shape index (κ1) is 11.9. The lowest BCUT2D eigenvalue weighted by atomic mass is 10.3. The van der Waals surface area contributed by atoms with Crippen LogP contribution in [0, 0.1) is 0 Å². The molecule has 5 nitrogen and oxygen atoms in total. The summed E-state index contributed by atoms with van der Waals surface area (Å²) in [4.78, 5) is 13.9. The van der Waals surface area contributed by atoms with E-state index in [0.29, 0.717) is 12.2 Å². The van der Waals surface area contributed by atoms with Crippen LogP contribution in [0.2, 0.25) is 0 Å². The second-order valence-electron chi connectivity index (χ2n) is 4.20. The molecular weight excluding hydrogens is 216 g/mol. The van der Waals surface area contributed by atoms with Crippen LogP contribution < -0.4 is 16.4 Å². The highest BCUT2D eigenvalue weighted by molar-refractivity contribution is 5.92. The first-order valence-corrected chi connectivity index (χ1v) is 5.82. The summed E-state index contributed by atoms with van der Waals surface area (Å²) in [7, 11) is 0. The summed E-state index contributed by atoms with van der Waals surface area (Å²) in [5, 5.41) is 6.10. The van der Waals surface area contributed by atoms with Gasteiger partial charge in [0, 0.05) is 37.6 Å². The summed E-state index contributed by atoms with van der Waals surface area (Å²) in [5.41, 5.74) is 7.06. The molecule has 0 bridgehead atoms. The highest BCUT2D eigenvalue weighted by Gasteiger charge is 2.13. The Balaban J connectivity index is 1.84. The van der Waals surface area contributed by atoms with Crippen LogP contribution in [0.25, 0.3) is 0 Å². The maximum absolute atomic E-state index is 11.8. The Morgan fingerprint density at radius 2 is 2.18 bits per heavy atom. The Morgan fingerprint density at radius 1 is 1.41 bits per heavy atom. The quantitative estimate of drug-likeness (QED) is 0.649. The number of rotatable bonds is 3. The molecule has 1 amide bonds. The van der Waals surface area contributed by atoms with Crippen LogP contribution in [0.1, 0.15) is 0 Å². The van der Waals surface area contributed by atoms with E-state index in [1.165, 1.54) is 0 Å². The van der Waals surface area contributed by atoms with Crippen molar-refractivity contribution < 1.29 is 4.79 Å². The summed E-state index contributed by atoms with van der Waals surface area (Å²) >= 11 is 0. The van der Waals surface area contributed by atoms with Crippen molar-refractivity contribution in [2.45, 2.75) is 0 Å². The molecule has 1 fully saturated rings. The molecule has 0 radical (unpaired) electrons. The molecule has 1 aromatic carbocycles. The van der Waals surface area contributed by atoms with E-state index in [1.807, 2.05) is 12.1 Å². The van der Waals surface area contributed by atoms with Crippen molar-refractivity contribution in [3.63, 3.8) is 0 Å². The van der Waals surface area contributed by atoms with Crippen molar-refractivity contribution in [3.05, 3.63) is 24.3 Å². The number of nitrogen functional groups attached to an aromatic ring is 1. The third-order valence-electron chi connectivity index (χ3n) is 2.75. The molecule has 1 heterocycles. The van der Waals surface area contributed by atoms with Crippen LogP contribution in [0.5, 0.6) is 0 Å². The van der Waals surface area contributed by atoms with E-state index >= 15 is 0 Å². The van der Waals surface area contributed by atoms with E-state index in [1.54, 1.807) is 12.1 Å². The molecule has 0 aromatic heterocycles. The molecule has 0 aliphatic carbocycles. The van der Waals surface area contributed by atoms with Crippen LogP contribution in [0.3, 0.4) is 0 Å². The predicted molar refractivity (Wildman–Crippen MR) is 68.8 cm³/mol. The first-order valence-electron chi connectivity index (χ1n) is 5.82. The average molecular weight is 234 g/mol. The smallest absolute Gasteiger partial charge is 0.238 e. The largest absolute Gasteiger partial charge is 0.399 e. The van der Waals surface area contributed by atoms with E-state index in [9.17, 15) is 4.79 Å². The normalized spacial score (nSPS) is 16.7. The lowest BCUT2D eigenvalue weighted by Gasteiger charge is -2.26. The van der Waals surface area contributed by atoms with Gasteiger partial charge in [-0.1, -0.05) is 6.07 Å². The predicted octanol–water partition coefficient (Wildman–Crippen LogP) is 0.112. The standard InChI is InChI=1S/C12H18N4O/c13-10-2-1-3-11(8-10)15-12(17)9-16-6-4-14-5-7-16/h1-3,8,14H,4-7,9,13H2,(H,15,17). The molecule has 17 heavy (non-hydrogen) atoms. The number of piperazine rings is 1. The van der Waals surface area contributed by atoms with Crippen molar-refractivity contribution in [2.75, 3.05) is 43.8 Å². The fraction of sp³-hybridized carbons (Fsp3) is 0.417. The first-order chi connectivity index (χ1) is 8.24. The number of nitrogens with one attached hydrogen (secondary N) is 2. The molecular formula is C12H18N4O. The highest BCUT2D eigenvalue weighted by atomic mass is 16.2. The zero-order valence-electron chi connectivity index (χ0n) is 9.78. The topological polar surface area (TPSA) is 70.4 Å². The van der Waals surface area contributed by atoms with Crippen LogP contribution in [0.15, 0.2) is 24.3 Å². The van der Waals surface area contributed by atoms with Crippen molar-refractivity contribution in [2.24, 2.45) is 0 Å². The molecule has 5 heteroatoms. The Kier molecular flexibility index (Phi) is 3.95. The number of anilines is 2. The average Bonchev–Trinajstić information content (AvgIpc) is 2.30. The molecule has 0 unspecified atom stereocenters. The van der Waals surface area contributed by atoms with Crippen LogP contribution >= 0.6 is 0 Å². The van der Waals surface area contributed by atoms with Crippen molar-refractivity contribution in [3.8, 4) is 0 Å². The number of amides is 1. The Hall–Kier alpha value is -1.59. The van der Waals surface area contributed by atoms with E-state index < -0.39 is 0 Å². The number of benzene rings is 1. The fourth-order valence-corrected chi connectivity index (χ4v) is 1.89. The summed E-state index contributed by atoms with van der Waals surface area (Å²) in [6.45, 7) is 4.18. The second-order valence-corrected chi connectivity index (χ2v) is 4.20. The van der Waals surface area contributed by atoms with Gasteiger partial charge in [-0.3, -0.25) is 9.69 Å². The molecule has 4 N–H and O–H groups in total. The molecule has 1 aliphatic heterocycles. The van der Waals surface area contributed by atoms with E-state index in [-0.39, 0.29) is 5.91 Å². The molecule has 0 spiro atoms. The van der Waals surface area contributed by atoms with E-state index in [4.69, 9.17) is 5.73 Å². The number of nitrogens with zero attached hydrogens (tertiary/aromatic N) is 1. The maximum atomic E-state index is 11.8. The van der Waals surface area contributed by atoms with E-state index in [0.717, 1.165) is 31.9 Å². The lowest BCUT2D eigenvalue weighted by Crippen LogP contribution is -2.46. The third kappa shape index (κ3) is 3.72. The van der Waals surface area contributed by atoms with Crippen molar-refractivity contribution in [1.29, 1.82) is 0 Å². The molecule has 0 atom stereocenters. The van der Waals surface area contributed by atoms with Gasteiger partial charge >= 0.3 is 0 Å². The van der Waals surface area contributed by atoms with Crippen LogP contribution in [0.4, 0.5) is 11.4 Å². The minimum Gasteiger partial charge on any atom is -0.399 e. The zero-order chi connectivity index (χ0) is 12.1. The van der Waals surface area contributed by atoms with Crippen LogP contribution in [-0.4, -0.2) is 43.5 Å². The second kappa shape index (κ2) is 5.65. The van der Waals surface area contributed by atoms with Gasteiger partial charge in [0.1, 0.15) is 0 Å². The summed E-state index contributed by atoms with van der Waals surface area (Å²) in [6, 6.07) is 7.23. The Morgan fingerprint density at radius 3 is 2.88 bits per heavy atom. The highest BCUT2D eigenvalue weighted by Crippen LogP contribution is 2.11. The van der Waals surface area contributed by atoms with Gasteiger partial charge in [0.25, 0.3) is 0 Å². The zero-order valence-corrected chi connectivity index (χ0v) is 9.78. The maximum Gasteiger partial charge on any atom is 0.238 e. The molecule has 2 rings (SSSR count). The minimum absolute atomic E-state index is 0.0116. The molecule has 92 valence electrons. The molecule has 1 aromatic rings. The van der Waals surface area contributed by atoms with E-state index in [2.05, 4.69) is 15.5 Å². The number of carbonyl (C=O) groups is 1. The summed E-state index contributed by atoms with van der Waals surface area (Å²) < 4.78 is 0. The SMILES string of the molecule is Nc1cccc(NC(=O)CN2CCNCC2)c1. The monoisotopic (exact) mass is 234 g/mol. The number of carbonyl (C=O) groups excluding carboxylic acids is 1. The van der Waals surface area contributed by atoms with Crippen LogP contribution in [-0.2, 0) is 4.79 Å². The van der Waals surface area contributed by atoms with Gasteiger partial charge in [-0.25, -0.2) is 0 Å². The van der Waals surface area contributed by atoms with Gasteiger partial charge in [0.05, 0.1) is 6.54 Å². The Labute approximate surface area is 101 Å². The molecule has 1 saturated heterocycles.